The Hall–Kier alpha value is -2.17. The summed E-state index contributed by atoms with van der Waals surface area (Å²) in [6, 6.07) is 1.81. The van der Waals surface area contributed by atoms with Gasteiger partial charge >= 0.3 is 0 Å². The highest BCUT2D eigenvalue weighted by molar-refractivity contribution is 6.06. The number of carbonyl (C=O) groups is 1. The number of nitrogens with one attached hydrogen (secondary N) is 1. The Bertz CT molecular complexity index is 778. The van der Waals surface area contributed by atoms with Crippen LogP contribution >= 0.6 is 0 Å². The van der Waals surface area contributed by atoms with Gasteiger partial charge in [0.25, 0.3) is 11.6 Å². The second-order valence-electron chi connectivity index (χ2n) is 6.51. The third-order valence-electron chi connectivity index (χ3n) is 4.93. The number of rotatable bonds is 3. The molecule has 22 heavy (non-hydrogen) atoms. The lowest BCUT2D eigenvalue weighted by Gasteiger charge is -2.18. The molecule has 0 saturated heterocycles. The molecule has 2 aromatic heterocycles. The van der Waals surface area contributed by atoms with Crippen molar-refractivity contribution in [1.82, 2.24) is 15.5 Å². The average molecular weight is 297 g/mol. The van der Waals surface area contributed by atoms with E-state index in [-0.39, 0.29) is 5.91 Å². The molecule has 0 radical (unpaired) electrons. The number of aromatic nitrogens is 2. The van der Waals surface area contributed by atoms with Crippen LogP contribution in [-0.2, 0) is 0 Å². The molecule has 1 fully saturated rings. The van der Waals surface area contributed by atoms with E-state index in [9.17, 15) is 4.79 Å². The van der Waals surface area contributed by atoms with Gasteiger partial charge in [0, 0.05) is 12.2 Å². The van der Waals surface area contributed by atoms with Crippen molar-refractivity contribution in [3.63, 3.8) is 0 Å². The molecule has 1 N–H and O–H groups in total. The number of aryl methyl sites for hydroxylation is 2. The van der Waals surface area contributed by atoms with E-state index in [4.69, 9.17) is 4.52 Å². The quantitative estimate of drug-likeness (QED) is 0.885. The Kier molecular flexibility index (Phi) is 3.03. The second kappa shape index (κ2) is 4.93. The first-order valence-corrected chi connectivity index (χ1v) is 7.82. The van der Waals surface area contributed by atoms with Crippen LogP contribution < -0.4 is 5.32 Å². The number of hydrogen-bond acceptors (Lipinski definition) is 4. The van der Waals surface area contributed by atoms with Crippen LogP contribution in [0.3, 0.4) is 0 Å². The van der Waals surface area contributed by atoms with E-state index in [0.717, 1.165) is 23.5 Å². The maximum Gasteiger partial charge on any atom is 0.258 e. The summed E-state index contributed by atoms with van der Waals surface area (Å²) in [6.45, 7) is 4.42. The molecule has 2 aliphatic rings. The zero-order valence-electron chi connectivity index (χ0n) is 12.8. The normalized spacial score (nSPS) is 26.0. The predicted octanol–water partition coefficient (Wildman–Crippen LogP) is 2.78. The van der Waals surface area contributed by atoms with Crippen LogP contribution in [0.2, 0.25) is 0 Å². The molecule has 0 unspecified atom stereocenters. The standard InChI is InChI=1S/C17H19N3O2/c1-9-5-14(15-10(2)20-22-17(15)19-9)16(21)18-8-13-7-11-3-4-12(13)6-11/h3-5,11-13H,6-8H2,1-2H3,(H,18,21)/t11-,12+,13-/m0/s1. The highest BCUT2D eigenvalue weighted by Gasteiger charge is 2.35. The summed E-state index contributed by atoms with van der Waals surface area (Å²) in [5, 5.41) is 7.73. The number of carbonyl (C=O) groups excluding carboxylic acids is 1. The Morgan fingerprint density at radius 1 is 1.36 bits per heavy atom. The van der Waals surface area contributed by atoms with E-state index < -0.39 is 0 Å². The lowest BCUT2D eigenvalue weighted by Crippen LogP contribution is -2.31. The molecule has 114 valence electrons. The van der Waals surface area contributed by atoms with Crippen LogP contribution in [0.25, 0.3) is 11.1 Å². The molecule has 2 aromatic rings. The van der Waals surface area contributed by atoms with Crippen molar-refractivity contribution in [3.8, 4) is 0 Å². The lowest BCUT2D eigenvalue weighted by molar-refractivity contribution is 0.0946. The molecule has 5 nitrogen and oxygen atoms in total. The fourth-order valence-electron chi connectivity index (χ4n) is 3.85. The predicted molar refractivity (Wildman–Crippen MR) is 82.5 cm³/mol. The van der Waals surface area contributed by atoms with Gasteiger partial charge in [-0.3, -0.25) is 4.79 Å². The molecular weight excluding hydrogens is 278 g/mol. The number of amides is 1. The third kappa shape index (κ3) is 2.12. The van der Waals surface area contributed by atoms with Crippen molar-refractivity contribution >= 4 is 17.0 Å². The largest absolute Gasteiger partial charge is 0.352 e. The van der Waals surface area contributed by atoms with Gasteiger partial charge in [-0.15, -0.1) is 0 Å². The average Bonchev–Trinajstić information content (AvgIpc) is 3.20. The van der Waals surface area contributed by atoms with E-state index in [0.29, 0.717) is 28.8 Å². The van der Waals surface area contributed by atoms with Crippen molar-refractivity contribution in [2.75, 3.05) is 6.54 Å². The summed E-state index contributed by atoms with van der Waals surface area (Å²) < 4.78 is 5.19. The van der Waals surface area contributed by atoms with Crippen LogP contribution in [-0.4, -0.2) is 22.6 Å². The van der Waals surface area contributed by atoms with E-state index in [1.165, 1.54) is 12.8 Å². The molecule has 3 atom stereocenters. The molecule has 2 bridgehead atoms. The molecule has 2 aliphatic carbocycles. The van der Waals surface area contributed by atoms with Gasteiger partial charge in [-0.1, -0.05) is 17.3 Å². The number of nitrogens with zero attached hydrogens (tertiary/aromatic N) is 2. The highest BCUT2D eigenvalue weighted by atomic mass is 16.5. The minimum Gasteiger partial charge on any atom is -0.352 e. The SMILES string of the molecule is Cc1cc(C(=O)NC[C@@H]2C[C@H]3C=C[C@@H]2C3)c2c(C)noc2n1. The first-order valence-electron chi connectivity index (χ1n) is 7.82. The maximum absolute atomic E-state index is 12.6. The van der Waals surface area contributed by atoms with Crippen LogP contribution in [0.5, 0.6) is 0 Å². The Labute approximate surface area is 128 Å². The molecular formula is C17H19N3O2. The Balaban J connectivity index is 1.55. The first kappa shape index (κ1) is 13.5. The summed E-state index contributed by atoms with van der Waals surface area (Å²) in [7, 11) is 0. The van der Waals surface area contributed by atoms with Crippen molar-refractivity contribution < 1.29 is 9.32 Å². The number of allylic oxidation sites excluding steroid dienone is 2. The topological polar surface area (TPSA) is 68.0 Å². The minimum absolute atomic E-state index is 0.0615. The van der Waals surface area contributed by atoms with Gasteiger partial charge in [0.1, 0.15) is 0 Å². The zero-order valence-corrected chi connectivity index (χ0v) is 12.8. The highest BCUT2D eigenvalue weighted by Crippen LogP contribution is 2.43. The Morgan fingerprint density at radius 2 is 2.23 bits per heavy atom. The molecule has 2 heterocycles. The zero-order chi connectivity index (χ0) is 15.3. The molecule has 5 heteroatoms. The van der Waals surface area contributed by atoms with Crippen LogP contribution in [0, 0.1) is 31.6 Å². The van der Waals surface area contributed by atoms with Crippen molar-refractivity contribution in [3.05, 3.63) is 35.2 Å². The van der Waals surface area contributed by atoms with Gasteiger partial charge in [0.2, 0.25) is 0 Å². The fourth-order valence-corrected chi connectivity index (χ4v) is 3.85. The van der Waals surface area contributed by atoms with Crippen LogP contribution in [0.1, 0.15) is 34.6 Å². The third-order valence-corrected chi connectivity index (χ3v) is 4.93. The van der Waals surface area contributed by atoms with Crippen LogP contribution in [0.4, 0.5) is 0 Å². The molecule has 1 amide bonds. The maximum atomic E-state index is 12.6. The van der Waals surface area contributed by atoms with Gasteiger partial charge in [-0.2, -0.15) is 0 Å². The summed E-state index contributed by atoms with van der Waals surface area (Å²) in [5.41, 5.74) is 2.51. The molecule has 1 saturated carbocycles. The van der Waals surface area contributed by atoms with Gasteiger partial charge in [-0.25, -0.2) is 4.98 Å². The Morgan fingerprint density at radius 3 is 2.95 bits per heavy atom. The van der Waals surface area contributed by atoms with E-state index in [1.807, 2.05) is 19.9 Å². The number of hydrogen-bond donors (Lipinski definition) is 1. The van der Waals surface area contributed by atoms with Gasteiger partial charge < -0.3 is 9.84 Å². The fraction of sp³-hybridized carbons (Fsp3) is 0.471. The van der Waals surface area contributed by atoms with E-state index in [2.05, 4.69) is 27.6 Å². The first-order chi connectivity index (χ1) is 10.6. The summed E-state index contributed by atoms with van der Waals surface area (Å²) in [4.78, 5) is 16.9. The van der Waals surface area contributed by atoms with E-state index in [1.54, 1.807) is 0 Å². The summed E-state index contributed by atoms with van der Waals surface area (Å²) >= 11 is 0. The van der Waals surface area contributed by atoms with Gasteiger partial charge in [0.15, 0.2) is 0 Å². The molecule has 0 aromatic carbocycles. The van der Waals surface area contributed by atoms with Crippen LogP contribution in [0.15, 0.2) is 22.7 Å². The summed E-state index contributed by atoms with van der Waals surface area (Å²) in [5.74, 6) is 1.87. The number of fused-ring (bicyclic) bond motifs is 3. The smallest absolute Gasteiger partial charge is 0.258 e. The van der Waals surface area contributed by atoms with Crippen molar-refractivity contribution in [2.45, 2.75) is 26.7 Å². The van der Waals surface area contributed by atoms with Gasteiger partial charge in [-0.05, 0) is 50.5 Å². The monoisotopic (exact) mass is 297 g/mol. The van der Waals surface area contributed by atoms with E-state index >= 15 is 0 Å². The minimum atomic E-state index is -0.0615. The second-order valence-corrected chi connectivity index (χ2v) is 6.51. The molecule has 0 spiro atoms. The van der Waals surface area contributed by atoms with Gasteiger partial charge in [0.05, 0.1) is 16.6 Å². The lowest BCUT2D eigenvalue weighted by atomic mass is 9.93. The molecule has 0 aliphatic heterocycles. The molecule has 4 rings (SSSR count). The van der Waals surface area contributed by atoms with Crippen molar-refractivity contribution in [1.29, 1.82) is 0 Å². The number of pyridine rings is 1. The van der Waals surface area contributed by atoms with Crippen molar-refractivity contribution in [2.24, 2.45) is 17.8 Å². The summed E-state index contributed by atoms with van der Waals surface area (Å²) in [6.07, 6.45) is 7.08.